The van der Waals surface area contributed by atoms with Gasteiger partial charge in [0.2, 0.25) is 0 Å². The van der Waals surface area contributed by atoms with Crippen molar-refractivity contribution in [1.29, 1.82) is 0 Å². The third-order valence-electron chi connectivity index (χ3n) is 6.82. The van der Waals surface area contributed by atoms with Crippen LogP contribution in [0.15, 0.2) is 0 Å². The van der Waals surface area contributed by atoms with Gasteiger partial charge in [-0.15, -0.1) is 0 Å². The maximum atomic E-state index is 6.09. The highest BCUT2D eigenvalue weighted by Crippen LogP contribution is 2.15. The van der Waals surface area contributed by atoms with Crippen LogP contribution >= 0.6 is 0 Å². The van der Waals surface area contributed by atoms with Gasteiger partial charge in [0, 0.05) is 13.2 Å². The van der Waals surface area contributed by atoms with E-state index in [2.05, 4.69) is 33.9 Å². The quantitative estimate of drug-likeness (QED) is 0.0852. The Morgan fingerprint density at radius 2 is 0.758 bits per heavy atom. The first-order chi connectivity index (χ1) is 16.0. The van der Waals surface area contributed by atoms with Gasteiger partial charge in [-0.3, -0.25) is 0 Å². The van der Waals surface area contributed by atoms with E-state index in [1.165, 1.54) is 135 Å². The lowest BCUT2D eigenvalue weighted by atomic mass is 10.0. The largest absolute Gasteiger partial charge is 0.395 e. The first-order valence-electron chi connectivity index (χ1n) is 15.3. The number of rotatable bonds is 27. The van der Waals surface area contributed by atoms with Gasteiger partial charge in [-0.2, -0.15) is 0 Å². The molecule has 0 N–H and O–H groups in total. The Morgan fingerprint density at radius 3 is 1.09 bits per heavy atom. The Hall–Kier alpha value is 0.137. The average Bonchev–Trinajstić information content (AvgIpc) is 2.77. The zero-order chi connectivity index (χ0) is 24.5. The van der Waals surface area contributed by atoms with E-state index >= 15 is 0 Å². The minimum atomic E-state index is -1.89. The SMILES string of the molecule is CCCCCCCCCCCCCCCCCCCCCCO[Si](C)(C)OCCCC(C)C. The second-order valence-electron chi connectivity index (χ2n) is 11.4. The second kappa shape index (κ2) is 25.2. The molecule has 0 aliphatic carbocycles. The van der Waals surface area contributed by atoms with E-state index in [0.29, 0.717) is 0 Å². The summed E-state index contributed by atoms with van der Waals surface area (Å²) in [6.45, 7) is 13.0. The van der Waals surface area contributed by atoms with Crippen molar-refractivity contribution in [2.24, 2.45) is 5.92 Å². The van der Waals surface area contributed by atoms with Gasteiger partial charge in [0.05, 0.1) is 0 Å². The molecule has 0 rings (SSSR count). The fourth-order valence-electron chi connectivity index (χ4n) is 4.53. The predicted octanol–water partition coefficient (Wildman–Crippen LogP) is 11.0. The van der Waals surface area contributed by atoms with Crippen LogP contribution in [0.4, 0.5) is 0 Å². The molecule has 0 aromatic rings. The van der Waals surface area contributed by atoms with Crippen molar-refractivity contribution in [3.8, 4) is 0 Å². The van der Waals surface area contributed by atoms with Gasteiger partial charge >= 0.3 is 8.56 Å². The molecule has 0 aliphatic rings. The van der Waals surface area contributed by atoms with Crippen molar-refractivity contribution in [1.82, 2.24) is 0 Å². The maximum Gasteiger partial charge on any atom is 0.331 e. The van der Waals surface area contributed by atoms with E-state index in [9.17, 15) is 0 Å². The number of hydrogen-bond acceptors (Lipinski definition) is 2. The molecule has 0 saturated heterocycles. The molecule has 0 aromatic carbocycles. The van der Waals surface area contributed by atoms with Gasteiger partial charge in [-0.1, -0.05) is 143 Å². The lowest BCUT2D eigenvalue weighted by Crippen LogP contribution is -2.35. The summed E-state index contributed by atoms with van der Waals surface area (Å²) >= 11 is 0. The van der Waals surface area contributed by atoms with E-state index in [-0.39, 0.29) is 0 Å². The summed E-state index contributed by atoms with van der Waals surface area (Å²) in [5.41, 5.74) is 0. The summed E-state index contributed by atoms with van der Waals surface area (Å²) in [4.78, 5) is 0. The Balaban J connectivity index is 3.19. The first-order valence-corrected chi connectivity index (χ1v) is 18.1. The molecule has 0 unspecified atom stereocenters. The van der Waals surface area contributed by atoms with E-state index in [1.54, 1.807) is 0 Å². The summed E-state index contributed by atoms with van der Waals surface area (Å²) in [6.07, 6.45) is 31.0. The monoisotopic (exact) mass is 484 g/mol. The van der Waals surface area contributed by atoms with Crippen molar-refractivity contribution in [3.63, 3.8) is 0 Å². The van der Waals surface area contributed by atoms with Crippen molar-refractivity contribution in [3.05, 3.63) is 0 Å². The van der Waals surface area contributed by atoms with E-state index in [0.717, 1.165) is 25.6 Å². The topological polar surface area (TPSA) is 18.5 Å². The number of hydrogen-bond donors (Lipinski definition) is 0. The molecule has 0 saturated carbocycles. The van der Waals surface area contributed by atoms with Crippen molar-refractivity contribution in [2.75, 3.05) is 13.2 Å². The molecule has 0 bridgehead atoms. The summed E-state index contributed by atoms with van der Waals surface area (Å²) in [5.74, 6) is 0.772. The molecule has 0 amide bonds. The molecular weight excluding hydrogens is 420 g/mol. The van der Waals surface area contributed by atoms with Crippen LogP contribution in [-0.2, 0) is 8.85 Å². The summed E-state index contributed by atoms with van der Waals surface area (Å²) in [5, 5.41) is 0. The minimum Gasteiger partial charge on any atom is -0.395 e. The van der Waals surface area contributed by atoms with E-state index < -0.39 is 8.56 Å². The van der Waals surface area contributed by atoms with Crippen LogP contribution in [0.25, 0.3) is 0 Å². The smallest absolute Gasteiger partial charge is 0.331 e. The highest BCUT2D eigenvalue weighted by atomic mass is 28.4. The van der Waals surface area contributed by atoms with Gasteiger partial charge in [0.15, 0.2) is 0 Å². The van der Waals surface area contributed by atoms with Crippen LogP contribution in [-0.4, -0.2) is 21.8 Å². The van der Waals surface area contributed by atoms with Crippen LogP contribution in [0.3, 0.4) is 0 Å². The van der Waals surface area contributed by atoms with Crippen LogP contribution in [0.1, 0.15) is 162 Å². The molecule has 0 atom stereocenters. The highest BCUT2D eigenvalue weighted by molar-refractivity contribution is 6.64. The standard InChI is InChI=1S/C30H64O2Si/c1-6-7-8-9-10-11-12-13-14-15-16-17-18-19-20-21-22-23-24-25-28-31-33(4,5)32-29-26-27-30(2)3/h30H,6-29H2,1-5H3. The fraction of sp³-hybridized carbons (Fsp3) is 1.00. The maximum absolute atomic E-state index is 6.09. The van der Waals surface area contributed by atoms with Crippen LogP contribution < -0.4 is 0 Å². The third-order valence-corrected chi connectivity index (χ3v) is 8.62. The Labute approximate surface area is 211 Å². The first kappa shape index (κ1) is 33.1. The summed E-state index contributed by atoms with van der Waals surface area (Å²) in [7, 11) is -1.89. The van der Waals surface area contributed by atoms with Crippen LogP contribution in [0.2, 0.25) is 13.1 Å². The normalized spacial score (nSPS) is 12.2. The molecule has 0 spiro atoms. The molecule has 0 radical (unpaired) electrons. The zero-order valence-corrected chi connectivity index (χ0v) is 24.9. The van der Waals surface area contributed by atoms with E-state index in [4.69, 9.17) is 8.85 Å². The lowest BCUT2D eigenvalue weighted by Gasteiger charge is -2.23. The lowest BCUT2D eigenvalue weighted by molar-refractivity contribution is 0.171. The van der Waals surface area contributed by atoms with Crippen LogP contribution in [0, 0.1) is 5.92 Å². The van der Waals surface area contributed by atoms with E-state index in [1.807, 2.05) is 0 Å². The minimum absolute atomic E-state index is 0.772. The average molecular weight is 485 g/mol. The molecule has 0 heterocycles. The van der Waals surface area contributed by atoms with Crippen molar-refractivity contribution >= 4 is 8.56 Å². The molecule has 33 heavy (non-hydrogen) atoms. The zero-order valence-electron chi connectivity index (χ0n) is 23.9. The third kappa shape index (κ3) is 28.3. The molecule has 2 nitrogen and oxygen atoms in total. The molecule has 0 aromatic heterocycles. The van der Waals surface area contributed by atoms with Gasteiger partial charge in [0.1, 0.15) is 0 Å². The van der Waals surface area contributed by atoms with Crippen molar-refractivity contribution in [2.45, 2.75) is 175 Å². The molecular formula is C30H64O2Si. The molecule has 200 valence electrons. The molecule has 0 fully saturated rings. The van der Waals surface area contributed by atoms with Gasteiger partial charge < -0.3 is 8.85 Å². The highest BCUT2D eigenvalue weighted by Gasteiger charge is 2.23. The van der Waals surface area contributed by atoms with Crippen LogP contribution in [0.5, 0.6) is 0 Å². The summed E-state index contributed by atoms with van der Waals surface area (Å²) in [6, 6.07) is 0. The predicted molar refractivity (Wildman–Crippen MR) is 151 cm³/mol. The van der Waals surface area contributed by atoms with Crippen molar-refractivity contribution < 1.29 is 8.85 Å². The Kier molecular flexibility index (Phi) is 25.3. The van der Waals surface area contributed by atoms with Gasteiger partial charge in [0.25, 0.3) is 0 Å². The summed E-state index contributed by atoms with van der Waals surface area (Å²) < 4.78 is 12.1. The Morgan fingerprint density at radius 1 is 0.455 bits per heavy atom. The number of unbranched alkanes of at least 4 members (excludes halogenated alkanes) is 19. The van der Waals surface area contributed by atoms with Gasteiger partial charge in [-0.25, -0.2) is 0 Å². The second-order valence-corrected chi connectivity index (χ2v) is 14.7. The molecule has 3 heteroatoms. The molecule has 0 aliphatic heterocycles. The fourth-order valence-corrected chi connectivity index (χ4v) is 5.88. The Bertz CT molecular complexity index is 370. The van der Waals surface area contributed by atoms with Gasteiger partial charge in [-0.05, 0) is 38.3 Å².